The normalized spacial score (nSPS) is 14.9. The lowest BCUT2D eigenvalue weighted by molar-refractivity contribution is 0.112. The van der Waals surface area contributed by atoms with Crippen molar-refractivity contribution in [3.63, 3.8) is 0 Å². The summed E-state index contributed by atoms with van der Waals surface area (Å²) >= 11 is 11.4. The molecule has 45 heavy (non-hydrogen) atoms. The van der Waals surface area contributed by atoms with E-state index < -0.39 is 0 Å². The zero-order valence-corrected chi connectivity index (χ0v) is 25.8. The van der Waals surface area contributed by atoms with Gasteiger partial charge in [0.15, 0.2) is 6.29 Å². The maximum Gasteiger partial charge on any atom is 0.252 e. The quantitative estimate of drug-likeness (QED) is 0.200. The number of rotatable bonds is 5. The van der Waals surface area contributed by atoms with Gasteiger partial charge >= 0.3 is 0 Å². The van der Waals surface area contributed by atoms with Crippen molar-refractivity contribution < 1.29 is 15.0 Å². The number of nitrogens with zero attached hydrogens (tertiary/aromatic N) is 5. The predicted octanol–water partition coefficient (Wildman–Crippen LogP) is 2.49. The SMILES string of the molecule is O=Cc1cccc(Cl)c1O.O=c1cc(N2CCN(Cc3cccc(Cl)c3O)CC2)nc[nH]1.O=c1cc(N2CCNCC2)nc[nH]1. The van der Waals surface area contributed by atoms with Crippen LogP contribution in [-0.2, 0) is 6.54 Å². The van der Waals surface area contributed by atoms with E-state index in [0.29, 0.717) is 23.7 Å². The van der Waals surface area contributed by atoms with Crippen molar-refractivity contribution in [2.45, 2.75) is 6.54 Å². The van der Waals surface area contributed by atoms with Gasteiger partial charge in [-0.3, -0.25) is 19.3 Å². The number of phenolic OH excluding ortho intramolecular Hbond substituents is 2. The second kappa shape index (κ2) is 16.6. The third-order valence-electron chi connectivity index (χ3n) is 7.07. The fourth-order valence-electron chi connectivity index (χ4n) is 4.65. The van der Waals surface area contributed by atoms with Gasteiger partial charge in [0.05, 0.1) is 28.3 Å². The number of piperazine rings is 2. The number of anilines is 2. The van der Waals surface area contributed by atoms with E-state index in [1.165, 1.54) is 36.9 Å². The molecule has 2 fully saturated rings. The van der Waals surface area contributed by atoms with E-state index in [1.54, 1.807) is 12.1 Å². The number of nitrogens with one attached hydrogen (secondary N) is 3. The highest BCUT2D eigenvalue weighted by Crippen LogP contribution is 2.28. The van der Waals surface area contributed by atoms with Gasteiger partial charge in [-0.15, -0.1) is 0 Å². The molecule has 0 spiro atoms. The van der Waals surface area contributed by atoms with E-state index in [9.17, 15) is 19.5 Å². The Kier molecular flexibility index (Phi) is 12.3. The van der Waals surface area contributed by atoms with Gasteiger partial charge in [-0.1, -0.05) is 41.4 Å². The van der Waals surface area contributed by atoms with Crippen molar-refractivity contribution in [2.24, 2.45) is 0 Å². The van der Waals surface area contributed by atoms with Gasteiger partial charge in [0.1, 0.15) is 23.1 Å². The first-order chi connectivity index (χ1) is 21.7. The van der Waals surface area contributed by atoms with E-state index in [0.717, 1.165) is 63.7 Å². The first-order valence-electron chi connectivity index (χ1n) is 14.2. The molecule has 238 valence electrons. The van der Waals surface area contributed by atoms with Gasteiger partial charge in [-0.2, -0.15) is 0 Å². The second-order valence-corrected chi connectivity index (χ2v) is 10.9. The molecule has 2 aromatic heterocycles. The molecule has 0 atom stereocenters. The average molecular weight is 658 g/mol. The summed E-state index contributed by atoms with van der Waals surface area (Å²) in [6.45, 7) is 7.63. The Morgan fingerprint density at radius 2 is 1.29 bits per heavy atom. The summed E-state index contributed by atoms with van der Waals surface area (Å²) in [5.41, 5.74) is 0.808. The Morgan fingerprint density at radius 3 is 1.82 bits per heavy atom. The van der Waals surface area contributed by atoms with Crippen molar-refractivity contribution in [1.82, 2.24) is 30.2 Å². The van der Waals surface area contributed by atoms with Crippen LogP contribution in [-0.4, -0.2) is 93.7 Å². The molecule has 0 amide bonds. The third kappa shape index (κ3) is 9.78. The lowest BCUT2D eigenvalue weighted by atomic mass is 10.1. The van der Waals surface area contributed by atoms with Crippen molar-refractivity contribution >= 4 is 41.1 Å². The molecule has 0 unspecified atom stereocenters. The van der Waals surface area contributed by atoms with Crippen LogP contribution in [0.15, 0.2) is 70.8 Å². The monoisotopic (exact) mass is 656 g/mol. The molecule has 0 bridgehead atoms. The largest absolute Gasteiger partial charge is 0.506 e. The average Bonchev–Trinajstić information content (AvgIpc) is 3.06. The number of carbonyl (C=O) groups is 1. The fraction of sp³-hybridized carbons (Fsp3) is 0.300. The zero-order chi connectivity index (χ0) is 32.2. The number of benzene rings is 2. The highest BCUT2D eigenvalue weighted by molar-refractivity contribution is 6.32. The number of aldehydes is 1. The van der Waals surface area contributed by atoms with Gasteiger partial charge in [0, 0.05) is 76.6 Å². The van der Waals surface area contributed by atoms with Crippen LogP contribution in [0.3, 0.4) is 0 Å². The maximum atomic E-state index is 11.3. The van der Waals surface area contributed by atoms with Crippen LogP contribution >= 0.6 is 23.2 Å². The molecule has 0 aliphatic carbocycles. The highest BCUT2D eigenvalue weighted by atomic mass is 35.5. The summed E-state index contributed by atoms with van der Waals surface area (Å²) in [7, 11) is 0. The summed E-state index contributed by atoms with van der Waals surface area (Å²) in [4.78, 5) is 52.2. The molecule has 2 saturated heterocycles. The summed E-state index contributed by atoms with van der Waals surface area (Å²) in [5.74, 6) is 1.47. The van der Waals surface area contributed by atoms with E-state index in [1.807, 2.05) is 12.1 Å². The summed E-state index contributed by atoms with van der Waals surface area (Å²) in [6.07, 6.45) is 3.43. The molecule has 4 heterocycles. The van der Waals surface area contributed by atoms with Crippen molar-refractivity contribution in [3.05, 3.63) is 103 Å². The zero-order valence-electron chi connectivity index (χ0n) is 24.3. The first kappa shape index (κ1) is 33.5. The van der Waals surface area contributed by atoms with Crippen molar-refractivity contribution in [1.29, 1.82) is 0 Å². The molecule has 5 N–H and O–H groups in total. The second-order valence-electron chi connectivity index (χ2n) is 10.1. The van der Waals surface area contributed by atoms with E-state index in [-0.39, 0.29) is 33.2 Å². The van der Waals surface area contributed by atoms with Crippen LogP contribution in [0, 0.1) is 0 Å². The molecule has 4 aromatic rings. The molecule has 2 aliphatic heterocycles. The van der Waals surface area contributed by atoms with Gasteiger partial charge < -0.3 is 35.3 Å². The van der Waals surface area contributed by atoms with Gasteiger partial charge in [-0.05, 0) is 18.2 Å². The number of para-hydroxylation sites is 2. The Morgan fingerprint density at radius 1 is 0.756 bits per heavy atom. The Labute approximate surface area is 269 Å². The summed E-state index contributed by atoms with van der Waals surface area (Å²) in [5, 5.41) is 22.8. The lowest BCUT2D eigenvalue weighted by Crippen LogP contribution is -2.46. The van der Waals surface area contributed by atoms with Gasteiger partial charge in [-0.25, -0.2) is 9.97 Å². The Hall–Kier alpha value is -4.43. The Bertz CT molecular complexity index is 1670. The molecule has 2 aromatic carbocycles. The number of H-pyrrole nitrogens is 2. The molecular formula is C30H34Cl2N8O5. The van der Waals surface area contributed by atoms with Crippen LogP contribution in [0.4, 0.5) is 11.6 Å². The minimum absolute atomic E-state index is 0.0940. The van der Waals surface area contributed by atoms with Crippen LogP contribution in [0.5, 0.6) is 11.5 Å². The number of hydrogen-bond donors (Lipinski definition) is 5. The van der Waals surface area contributed by atoms with Crippen LogP contribution in [0.25, 0.3) is 0 Å². The predicted molar refractivity (Wildman–Crippen MR) is 174 cm³/mol. The Balaban J connectivity index is 0.000000170. The fourth-order valence-corrected chi connectivity index (χ4v) is 5.02. The van der Waals surface area contributed by atoms with E-state index in [2.05, 4.69) is 40.0 Å². The molecule has 0 saturated carbocycles. The molecule has 6 rings (SSSR count). The molecule has 2 aliphatic rings. The maximum absolute atomic E-state index is 11.3. The topological polar surface area (TPSA) is 171 Å². The first-order valence-corrected chi connectivity index (χ1v) is 14.9. The van der Waals surface area contributed by atoms with E-state index >= 15 is 0 Å². The molecule has 0 radical (unpaired) electrons. The van der Waals surface area contributed by atoms with Crippen LogP contribution in [0.1, 0.15) is 15.9 Å². The third-order valence-corrected chi connectivity index (χ3v) is 7.68. The van der Waals surface area contributed by atoms with Gasteiger partial charge in [0.25, 0.3) is 11.1 Å². The smallest absolute Gasteiger partial charge is 0.252 e. The molecular weight excluding hydrogens is 623 g/mol. The number of aromatic hydroxyl groups is 2. The highest BCUT2D eigenvalue weighted by Gasteiger charge is 2.19. The van der Waals surface area contributed by atoms with Crippen LogP contribution < -0.4 is 26.2 Å². The lowest BCUT2D eigenvalue weighted by Gasteiger charge is -2.35. The van der Waals surface area contributed by atoms with Gasteiger partial charge in [0.2, 0.25) is 0 Å². The molecule has 13 nitrogen and oxygen atoms in total. The number of aromatic amines is 2. The summed E-state index contributed by atoms with van der Waals surface area (Å²) in [6, 6.07) is 13.1. The van der Waals surface area contributed by atoms with Crippen LogP contribution in [0.2, 0.25) is 10.0 Å². The minimum Gasteiger partial charge on any atom is -0.506 e. The number of aromatic nitrogens is 4. The van der Waals surface area contributed by atoms with Crippen molar-refractivity contribution in [2.75, 3.05) is 62.2 Å². The number of halogens is 2. The van der Waals surface area contributed by atoms with E-state index in [4.69, 9.17) is 28.3 Å². The standard InChI is InChI=1S/C15H17ClN4O2.C8H12N4O.C7H5ClO2/c16-12-3-1-2-11(15(12)22)9-19-4-6-20(7-5-19)13-8-14(21)18-10-17-13;13-8-5-7(10-6-11-8)12-3-1-9-2-4-12;8-6-3-1-2-5(4-9)7(6)10/h1-3,8,10,22H,4-7,9H2,(H,17,18,21);5-6,9H,1-4H2,(H,10,11,13);1-4,10H. The molecule has 15 heteroatoms. The number of carbonyl (C=O) groups excluding carboxylic acids is 1. The minimum atomic E-state index is -0.154. The number of phenols is 2. The van der Waals surface area contributed by atoms with Crippen molar-refractivity contribution in [3.8, 4) is 11.5 Å². The number of hydrogen-bond acceptors (Lipinski definition) is 11. The summed E-state index contributed by atoms with van der Waals surface area (Å²) < 4.78 is 0.